The van der Waals surface area contributed by atoms with E-state index in [1.807, 2.05) is 96.4 Å². The fourth-order valence-corrected chi connectivity index (χ4v) is 4.01. The smallest absolute Gasteiger partial charge is 0.258 e. The predicted octanol–water partition coefficient (Wildman–Crippen LogP) is 7.17. The first-order valence-electron chi connectivity index (χ1n) is 11.0. The van der Waals surface area contributed by atoms with Gasteiger partial charge in [0.1, 0.15) is 5.75 Å². The van der Waals surface area contributed by atoms with Gasteiger partial charge in [-0.2, -0.15) is 0 Å². The summed E-state index contributed by atoms with van der Waals surface area (Å²) in [5.41, 5.74) is 4.22. The Morgan fingerprint density at radius 2 is 1.67 bits per heavy atom. The average Bonchev–Trinajstić information content (AvgIpc) is 3.32. The molecule has 1 heterocycles. The Bertz CT molecular complexity index is 1200. The van der Waals surface area contributed by atoms with Crippen LogP contribution in [0.2, 0.25) is 0 Å². The van der Waals surface area contributed by atoms with Crippen LogP contribution < -0.4 is 10.1 Å². The number of unbranched alkanes of at least 4 members (excludes halogenated alkanes) is 1. The zero-order chi connectivity index (χ0) is 22.9. The number of benzene rings is 3. The molecule has 4 aromatic rings. The summed E-state index contributed by atoms with van der Waals surface area (Å²) in [4.78, 5) is 17.8. The molecular formula is C28H26N2O2S. The summed E-state index contributed by atoms with van der Waals surface area (Å²) < 4.78 is 5.73. The van der Waals surface area contributed by atoms with Crippen LogP contribution in [0.25, 0.3) is 22.9 Å². The van der Waals surface area contributed by atoms with Crippen molar-refractivity contribution in [3.63, 3.8) is 0 Å². The van der Waals surface area contributed by atoms with Gasteiger partial charge in [-0.05, 0) is 47.9 Å². The van der Waals surface area contributed by atoms with Crippen molar-refractivity contribution in [2.24, 2.45) is 0 Å². The third kappa shape index (κ3) is 6.18. The van der Waals surface area contributed by atoms with Gasteiger partial charge in [-0.1, -0.05) is 74.0 Å². The van der Waals surface area contributed by atoms with Crippen LogP contribution in [-0.4, -0.2) is 17.5 Å². The number of hydrogen-bond acceptors (Lipinski definition) is 4. The van der Waals surface area contributed by atoms with Crippen LogP contribution in [0, 0.1) is 0 Å². The first kappa shape index (κ1) is 22.5. The van der Waals surface area contributed by atoms with E-state index >= 15 is 0 Å². The summed E-state index contributed by atoms with van der Waals surface area (Å²) in [6.07, 6.45) is 4.05. The van der Waals surface area contributed by atoms with E-state index in [1.165, 1.54) is 11.3 Å². The lowest BCUT2D eigenvalue weighted by Gasteiger charge is -2.08. The van der Waals surface area contributed by atoms with E-state index in [1.54, 1.807) is 0 Å². The van der Waals surface area contributed by atoms with E-state index in [0.29, 0.717) is 10.7 Å². The largest absolute Gasteiger partial charge is 0.494 e. The molecule has 3 aromatic carbocycles. The Kier molecular flexibility index (Phi) is 7.67. The fraction of sp³-hybridized carbons (Fsp3) is 0.143. The number of thiazole rings is 1. The molecule has 1 N–H and O–H groups in total. The van der Waals surface area contributed by atoms with Crippen LogP contribution in [0.5, 0.6) is 5.75 Å². The first-order valence-corrected chi connectivity index (χ1v) is 11.9. The number of hydrogen-bond donors (Lipinski definition) is 1. The molecule has 0 fully saturated rings. The van der Waals surface area contributed by atoms with Crippen molar-refractivity contribution in [2.75, 3.05) is 11.9 Å². The summed E-state index contributed by atoms with van der Waals surface area (Å²) in [7, 11) is 0. The highest BCUT2D eigenvalue weighted by Gasteiger charge is 2.15. The highest BCUT2D eigenvalue weighted by molar-refractivity contribution is 7.14. The molecule has 0 unspecified atom stereocenters. The fourth-order valence-electron chi connectivity index (χ4n) is 3.30. The minimum absolute atomic E-state index is 0.189. The minimum Gasteiger partial charge on any atom is -0.494 e. The van der Waals surface area contributed by atoms with Crippen molar-refractivity contribution in [2.45, 2.75) is 19.8 Å². The Morgan fingerprint density at radius 3 is 2.36 bits per heavy atom. The Labute approximate surface area is 198 Å². The molecule has 166 valence electrons. The third-order valence-electron chi connectivity index (χ3n) is 5.08. The standard InChI is InChI=1S/C28H26N2O2S/c1-2-3-18-32-24-16-14-23(15-17-24)26-20-33-28(29-26)30-27(31)25(22-12-8-5-9-13-22)19-21-10-6-4-7-11-21/h4-17,19-20H,2-3,18H2,1H3,(H,29,30,31)/b25-19+. The van der Waals surface area contributed by atoms with Gasteiger partial charge in [-0.3, -0.25) is 10.1 Å². The van der Waals surface area contributed by atoms with Gasteiger partial charge in [0, 0.05) is 16.5 Å². The molecule has 0 spiro atoms. The molecule has 0 aliphatic rings. The number of nitrogens with zero attached hydrogens (tertiary/aromatic N) is 1. The molecule has 5 heteroatoms. The van der Waals surface area contributed by atoms with E-state index in [-0.39, 0.29) is 5.91 Å². The molecule has 0 bridgehead atoms. The maximum Gasteiger partial charge on any atom is 0.258 e. The lowest BCUT2D eigenvalue weighted by Crippen LogP contribution is -2.13. The van der Waals surface area contributed by atoms with Gasteiger partial charge in [0.2, 0.25) is 0 Å². The molecular weight excluding hydrogens is 428 g/mol. The molecule has 0 saturated heterocycles. The lowest BCUT2D eigenvalue weighted by molar-refractivity contribution is -0.111. The quantitative estimate of drug-likeness (QED) is 0.166. The monoisotopic (exact) mass is 454 g/mol. The van der Waals surface area contributed by atoms with E-state index in [9.17, 15) is 4.79 Å². The average molecular weight is 455 g/mol. The van der Waals surface area contributed by atoms with Crippen molar-refractivity contribution in [1.82, 2.24) is 4.98 Å². The van der Waals surface area contributed by atoms with E-state index in [4.69, 9.17) is 4.74 Å². The third-order valence-corrected chi connectivity index (χ3v) is 5.84. The van der Waals surface area contributed by atoms with Gasteiger partial charge < -0.3 is 4.74 Å². The van der Waals surface area contributed by atoms with Crippen LogP contribution in [0.1, 0.15) is 30.9 Å². The Hall–Kier alpha value is -3.70. The van der Waals surface area contributed by atoms with Gasteiger partial charge in [-0.15, -0.1) is 11.3 Å². The van der Waals surface area contributed by atoms with Crippen molar-refractivity contribution in [1.29, 1.82) is 0 Å². The number of anilines is 1. The van der Waals surface area contributed by atoms with Crippen LogP contribution in [0.15, 0.2) is 90.3 Å². The number of amides is 1. The number of aromatic nitrogens is 1. The lowest BCUT2D eigenvalue weighted by atomic mass is 10.0. The molecule has 0 aliphatic heterocycles. The van der Waals surface area contributed by atoms with E-state index < -0.39 is 0 Å². The van der Waals surface area contributed by atoms with Crippen molar-refractivity contribution in [3.8, 4) is 17.0 Å². The maximum atomic E-state index is 13.2. The van der Waals surface area contributed by atoms with Crippen molar-refractivity contribution >= 4 is 34.0 Å². The topological polar surface area (TPSA) is 51.2 Å². The van der Waals surface area contributed by atoms with Gasteiger partial charge in [0.15, 0.2) is 5.13 Å². The molecule has 0 atom stereocenters. The summed E-state index contributed by atoms with van der Waals surface area (Å²) in [5.74, 6) is 0.667. The summed E-state index contributed by atoms with van der Waals surface area (Å²) in [5, 5.41) is 5.49. The summed E-state index contributed by atoms with van der Waals surface area (Å²) >= 11 is 1.41. The molecule has 0 aliphatic carbocycles. The van der Waals surface area contributed by atoms with Crippen LogP contribution in [-0.2, 0) is 4.79 Å². The van der Waals surface area contributed by atoms with Gasteiger partial charge in [0.05, 0.1) is 12.3 Å². The van der Waals surface area contributed by atoms with Gasteiger partial charge >= 0.3 is 0 Å². The number of nitrogens with one attached hydrogen (secondary N) is 1. The molecule has 4 nitrogen and oxygen atoms in total. The summed E-state index contributed by atoms with van der Waals surface area (Å²) in [6.45, 7) is 2.87. The van der Waals surface area contributed by atoms with Gasteiger partial charge in [0.25, 0.3) is 5.91 Å². The maximum absolute atomic E-state index is 13.2. The molecule has 33 heavy (non-hydrogen) atoms. The van der Waals surface area contributed by atoms with Crippen molar-refractivity contribution in [3.05, 3.63) is 101 Å². The number of carbonyl (C=O) groups is 1. The molecule has 1 amide bonds. The van der Waals surface area contributed by atoms with E-state index in [2.05, 4.69) is 17.2 Å². The molecule has 4 rings (SSSR count). The molecule has 1 aromatic heterocycles. The highest BCUT2D eigenvalue weighted by Crippen LogP contribution is 2.28. The zero-order valence-electron chi connectivity index (χ0n) is 18.5. The second-order valence-corrected chi connectivity index (χ2v) is 8.41. The zero-order valence-corrected chi connectivity index (χ0v) is 19.3. The van der Waals surface area contributed by atoms with Crippen LogP contribution >= 0.6 is 11.3 Å². The summed E-state index contributed by atoms with van der Waals surface area (Å²) in [6, 6.07) is 27.4. The second-order valence-electron chi connectivity index (χ2n) is 7.55. The predicted molar refractivity (Wildman–Crippen MR) is 137 cm³/mol. The number of ether oxygens (including phenoxy) is 1. The minimum atomic E-state index is -0.189. The number of carbonyl (C=O) groups excluding carboxylic acids is 1. The second kappa shape index (κ2) is 11.2. The molecule has 0 saturated carbocycles. The molecule has 0 radical (unpaired) electrons. The highest BCUT2D eigenvalue weighted by atomic mass is 32.1. The van der Waals surface area contributed by atoms with Crippen LogP contribution in [0.4, 0.5) is 5.13 Å². The number of rotatable bonds is 9. The van der Waals surface area contributed by atoms with E-state index in [0.717, 1.165) is 47.6 Å². The first-order chi connectivity index (χ1) is 16.2. The normalized spacial score (nSPS) is 11.2. The van der Waals surface area contributed by atoms with Crippen LogP contribution in [0.3, 0.4) is 0 Å². The Balaban J connectivity index is 1.50. The van der Waals surface area contributed by atoms with Gasteiger partial charge in [-0.25, -0.2) is 4.98 Å². The Morgan fingerprint density at radius 1 is 0.970 bits per heavy atom. The van der Waals surface area contributed by atoms with Crippen molar-refractivity contribution < 1.29 is 9.53 Å². The SMILES string of the molecule is CCCCOc1ccc(-c2csc(NC(=O)/C(=C/c3ccccc3)c3ccccc3)n2)cc1.